The lowest BCUT2D eigenvalue weighted by Gasteiger charge is -2.19. The lowest BCUT2D eigenvalue weighted by Crippen LogP contribution is -2.31. The molecule has 1 heterocycles. The van der Waals surface area contributed by atoms with Crippen molar-refractivity contribution in [3.63, 3.8) is 0 Å². The second-order valence-electron chi connectivity index (χ2n) is 6.57. The highest BCUT2D eigenvalue weighted by atomic mass is 16.5. The molecule has 0 saturated heterocycles. The fourth-order valence-electron chi connectivity index (χ4n) is 3.45. The van der Waals surface area contributed by atoms with Crippen molar-refractivity contribution in [1.29, 1.82) is 0 Å². The maximum atomic E-state index is 12.3. The maximum Gasteiger partial charge on any atom is 0.310 e. The van der Waals surface area contributed by atoms with Gasteiger partial charge >= 0.3 is 5.97 Å². The molecule has 6 heteroatoms. The maximum absolute atomic E-state index is 12.3. The Morgan fingerprint density at radius 3 is 2.59 bits per heavy atom. The summed E-state index contributed by atoms with van der Waals surface area (Å²) in [6, 6.07) is 14.1. The lowest BCUT2D eigenvalue weighted by molar-refractivity contribution is -0.139. The van der Waals surface area contributed by atoms with Crippen molar-refractivity contribution >= 4 is 11.9 Å². The number of carboxylic acids is 1. The number of carbonyl (C=O) groups excluding carboxylic acids is 1. The Balaban J connectivity index is 1.66. The lowest BCUT2D eigenvalue weighted by atomic mass is 9.89. The molecule has 6 nitrogen and oxygen atoms in total. The zero-order valence-corrected chi connectivity index (χ0v) is 14.9. The van der Waals surface area contributed by atoms with Gasteiger partial charge in [0.15, 0.2) is 0 Å². The van der Waals surface area contributed by atoms with Gasteiger partial charge in [-0.1, -0.05) is 42.5 Å². The quantitative estimate of drug-likeness (QED) is 0.664. The second-order valence-corrected chi connectivity index (χ2v) is 6.57. The van der Waals surface area contributed by atoms with Crippen LogP contribution in [0.1, 0.15) is 41.5 Å². The van der Waals surface area contributed by atoms with Crippen LogP contribution in [0.25, 0.3) is 0 Å². The predicted octanol–water partition coefficient (Wildman–Crippen LogP) is 2.42. The molecule has 2 atom stereocenters. The van der Waals surface area contributed by atoms with Crippen LogP contribution in [-0.4, -0.2) is 35.3 Å². The van der Waals surface area contributed by atoms with Crippen molar-refractivity contribution < 1.29 is 24.5 Å². The average molecular weight is 369 g/mol. The molecule has 3 N–H and O–H groups in total. The van der Waals surface area contributed by atoms with Crippen LogP contribution >= 0.6 is 0 Å². The van der Waals surface area contributed by atoms with Crippen LogP contribution in [0.2, 0.25) is 0 Å². The van der Waals surface area contributed by atoms with Crippen molar-refractivity contribution in [2.75, 3.05) is 13.2 Å². The molecule has 1 aliphatic heterocycles. The van der Waals surface area contributed by atoms with Gasteiger partial charge in [0, 0.05) is 18.4 Å². The van der Waals surface area contributed by atoms with E-state index in [0.717, 1.165) is 16.9 Å². The van der Waals surface area contributed by atoms with Crippen LogP contribution in [0.3, 0.4) is 0 Å². The molecule has 1 amide bonds. The normalized spacial score (nSPS) is 14.7. The minimum absolute atomic E-state index is 0.0603. The molecule has 0 saturated carbocycles. The first-order chi connectivity index (χ1) is 13.1. The average Bonchev–Trinajstić information content (AvgIpc) is 3.16. The summed E-state index contributed by atoms with van der Waals surface area (Å²) in [7, 11) is 0. The number of rotatable bonds is 8. The zero-order chi connectivity index (χ0) is 19.2. The van der Waals surface area contributed by atoms with Gasteiger partial charge in [-0.3, -0.25) is 9.59 Å². The van der Waals surface area contributed by atoms with E-state index in [1.807, 2.05) is 36.4 Å². The molecule has 0 aliphatic carbocycles. The molecule has 0 radical (unpaired) electrons. The van der Waals surface area contributed by atoms with E-state index in [0.29, 0.717) is 18.6 Å². The molecular formula is C21H23NO5. The van der Waals surface area contributed by atoms with Crippen LogP contribution < -0.4 is 10.1 Å². The summed E-state index contributed by atoms with van der Waals surface area (Å²) in [5, 5.41) is 22.0. The Hall–Kier alpha value is -2.86. The van der Waals surface area contributed by atoms with Crippen molar-refractivity contribution in [2.45, 2.75) is 31.2 Å². The van der Waals surface area contributed by atoms with E-state index in [9.17, 15) is 19.8 Å². The van der Waals surface area contributed by atoms with E-state index in [1.165, 1.54) is 0 Å². The molecule has 0 bridgehead atoms. The van der Waals surface area contributed by atoms with E-state index in [1.54, 1.807) is 12.1 Å². The SMILES string of the molecule is O=C(CCC(C(=O)O)c1cccc2c1CCO2)NC(CO)c1ccccc1. The van der Waals surface area contributed by atoms with Crippen molar-refractivity contribution in [2.24, 2.45) is 0 Å². The fraction of sp³-hybridized carbons (Fsp3) is 0.333. The van der Waals surface area contributed by atoms with Gasteiger partial charge in [0.1, 0.15) is 5.75 Å². The molecule has 1 aliphatic rings. The minimum atomic E-state index is -0.954. The molecule has 2 aromatic carbocycles. The van der Waals surface area contributed by atoms with E-state index in [2.05, 4.69) is 5.32 Å². The Morgan fingerprint density at radius 1 is 1.11 bits per heavy atom. The third-order valence-corrected chi connectivity index (χ3v) is 4.83. The van der Waals surface area contributed by atoms with Gasteiger partial charge in [0.05, 0.1) is 25.2 Å². The summed E-state index contributed by atoms with van der Waals surface area (Å²) in [5.41, 5.74) is 2.44. The van der Waals surface area contributed by atoms with E-state index in [4.69, 9.17) is 4.74 Å². The first-order valence-electron chi connectivity index (χ1n) is 9.02. The standard InChI is InChI=1S/C21H23NO5/c23-13-18(14-5-2-1-3-6-14)22-20(24)10-9-17(21(25)26)15-7-4-8-19-16(15)11-12-27-19/h1-8,17-18,23H,9-13H2,(H,22,24)(H,25,26). The third kappa shape index (κ3) is 4.46. The number of aliphatic hydroxyl groups is 1. The Bertz CT molecular complexity index is 805. The predicted molar refractivity (Wildman–Crippen MR) is 99.7 cm³/mol. The van der Waals surface area contributed by atoms with Gasteiger partial charge in [-0.05, 0) is 23.6 Å². The van der Waals surface area contributed by atoms with Gasteiger partial charge in [-0.25, -0.2) is 0 Å². The molecule has 27 heavy (non-hydrogen) atoms. The first-order valence-corrected chi connectivity index (χ1v) is 9.02. The van der Waals surface area contributed by atoms with Gasteiger partial charge in [0.2, 0.25) is 5.91 Å². The topological polar surface area (TPSA) is 95.9 Å². The van der Waals surface area contributed by atoms with Gasteiger partial charge < -0.3 is 20.3 Å². The number of benzene rings is 2. The number of amides is 1. The number of carboxylic acid groups (broad SMARTS) is 1. The second kappa shape index (κ2) is 8.68. The summed E-state index contributed by atoms with van der Waals surface area (Å²) >= 11 is 0. The van der Waals surface area contributed by atoms with Crippen LogP contribution in [0.4, 0.5) is 0 Å². The number of hydrogen-bond acceptors (Lipinski definition) is 4. The van der Waals surface area contributed by atoms with Crippen LogP contribution in [0.15, 0.2) is 48.5 Å². The van der Waals surface area contributed by atoms with Crippen LogP contribution in [0, 0.1) is 0 Å². The summed E-state index contributed by atoms with van der Waals surface area (Å²) in [6.45, 7) is 0.329. The van der Waals surface area contributed by atoms with E-state index >= 15 is 0 Å². The summed E-state index contributed by atoms with van der Waals surface area (Å²) in [5.74, 6) is -1.28. The van der Waals surface area contributed by atoms with Crippen molar-refractivity contribution in [3.05, 3.63) is 65.2 Å². The fourth-order valence-corrected chi connectivity index (χ4v) is 3.45. The van der Waals surface area contributed by atoms with Gasteiger partial charge in [0.25, 0.3) is 0 Å². The highest BCUT2D eigenvalue weighted by molar-refractivity contribution is 5.80. The molecule has 0 fully saturated rings. The Kier molecular flexibility index (Phi) is 6.08. The molecule has 2 unspecified atom stereocenters. The monoisotopic (exact) mass is 369 g/mol. The number of carbonyl (C=O) groups is 2. The number of aliphatic carboxylic acids is 1. The summed E-state index contributed by atoms with van der Waals surface area (Å²) < 4.78 is 5.51. The highest BCUT2D eigenvalue weighted by Gasteiger charge is 2.27. The van der Waals surface area contributed by atoms with Crippen LogP contribution in [0.5, 0.6) is 5.75 Å². The van der Waals surface area contributed by atoms with Crippen LogP contribution in [-0.2, 0) is 16.0 Å². The number of fused-ring (bicyclic) bond motifs is 1. The Morgan fingerprint density at radius 2 is 1.89 bits per heavy atom. The number of aliphatic hydroxyl groups excluding tert-OH is 1. The Labute approximate surface area is 157 Å². The molecule has 3 rings (SSSR count). The molecule has 142 valence electrons. The third-order valence-electron chi connectivity index (χ3n) is 4.83. The summed E-state index contributed by atoms with van der Waals surface area (Å²) in [6.07, 6.45) is 0.928. The van der Waals surface area contributed by atoms with Gasteiger partial charge in [-0.2, -0.15) is 0 Å². The van der Waals surface area contributed by atoms with Crippen molar-refractivity contribution in [1.82, 2.24) is 5.32 Å². The van der Waals surface area contributed by atoms with E-state index < -0.39 is 17.9 Å². The van der Waals surface area contributed by atoms with Crippen molar-refractivity contribution in [3.8, 4) is 5.75 Å². The first kappa shape index (κ1) is 18.9. The smallest absolute Gasteiger partial charge is 0.310 e. The number of hydrogen-bond donors (Lipinski definition) is 3. The van der Waals surface area contributed by atoms with Gasteiger partial charge in [-0.15, -0.1) is 0 Å². The highest BCUT2D eigenvalue weighted by Crippen LogP contribution is 2.34. The molecule has 2 aromatic rings. The van der Waals surface area contributed by atoms with E-state index in [-0.39, 0.29) is 25.4 Å². The minimum Gasteiger partial charge on any atom is -0.493 e. The molecule has 0 aromatic heterocycles. The summed E-state index contributed by atoms with van der Waals surface area (Å²) in [4.78, 5) is 24.1. The zero-order valence-electron chi connectivity index (χ0n) is 14.9. The number of nitrogens with one attached hydrogen (secondary N) is 1. The largest absolute Gasteiger partial charge is 0.493 e. The molecular weight excluding hydrogens is 346 g/mol. The molecule has 0 spiro atoms. The number of ether oxygens (including phenoxy) is 1.